The van der Waals surface area contributed by atoms with Gasteiger partial charge in [-0.2, -0.15) is 4.98 Å². The van der Waals surface area contributed by atoms with Crippen molar-refractivity contribution in [2.45, 2.75) is 6.42 Å². The van der Waals surface area contributed by atoms with Gasteiger partial charge in [0, 0.05) is 12.7 Å². The molecule has 0 unspecified atom stereocenters. The van der Waals surface area contributed by atoms with Crippen molar-refractivity contribution in [3.05, 3.63) is 10.7 Å². The maximum Gasteiger partial charge on any atom is 0.221 e. The first kappa shape index (κ1) is 12.2. The lowest BCUT2D eigenvalue weighted by molar-refractivity contribution is 0.405. The maximum atomic E-state index is 5.49. The summed E-state index contributed by atoms with van der Waals surface area (Å²) in [5.41, 5.74) is 5.49. The van der Waals surface area contributed by atoms with Crippen LogP contribution in [0.25, 0.3) is 0 Å². The molecule has 1 aromatic rings. The second kappa shape index (κ2) is 5.87. The van der Waals surface area contributed by atoms with E-state index in [0.29, 0.717) is 0 Å². The Labute approximate surface area is 98.2 Å². The van der Waals surface area contributed by atoms with E-state index in [1.165, 1.54) is 0 Å². The first-order valence-electron chi connectivity index (χ1n) is 4.76. The van der Waals surface area contributed by atoms with Crippen molar-refractivity contribution in [3.8, 4) is 0 Å². The lowest BCUT2D eigenvalue weighted by Crippen LogP contribution is -2.17. The Morgan fingerprint density at radius 1 is 1.53 bits per heavy atom. The van der Waals surface area contributed by atoms with Gasteiger partial charge in [0.05, 0.1) is 4.47 Å². The van der Waals surface area contributed by atoms with Gasteiger partial charge < -0.3 is 16.0 Å². The van der Waals surface area contributed by atoms with Gasteiger partial charge in [0.2, 0.25) is 5.95 Å². The number of nitrogens with one attached hydrogen (secondary N) is 1. The van der Waals surface area contributed by atoms with Crippen molar-refractivity contribution in [1.82, 2.24) is 14.9 Å². The summed E-state index contributed by atoms with van der Waals surface area (Å²) in [6, 6.07) is 0. The van der Waals surface area contributed by atoms with E-state index in [1.54, 1.807) is 6.20 Å². The summed E-state index contributed by atoms with van der Waals surface area (Å²) < 4.78 is 0.835. The molecule has 1 heterocycles. The number of rotatable bonds is 5. The molecule has 0 spiro atoms. The molecule has 84 valence electrons. The number of hydrogen-bond acceptors (Lipinski definition) is 5. The number of nitrogen functional groups attached to an aromatic ring is 1. The van der Waals surface area contributed by atoms with E-state index in [-0.39, 0.29) is 5.95 Å². The summed E-state index contributed by atoms with van der Waals surface area (Å²) in [6.07, 6.45) is 2.71. The molecule has 0 aliphatic rings. The van der Waals surface area contributed by atoms with Crippen molar-refractivity contribution in [3.63, 3.8) is 0 Å². The van der Waals surface area contributed by atoms with Gasteiger partial charge in [0.15, 0.2) is 0 Å². The summed E-state index contributed by atoms with van der Waals surface area (Å²) >= 11 is 3.36. The van der Waals surface area contributed by atoms with Crippen LogP contribution in [0, 0.1) is 0 Å². The van der Waals surface area contributed by atoms with Gasteiger partial charge in [-0.3, -0.25) is 0 Å². The van der Waals surface area contributed by atoms with Gasteiger partial charge in [0.1, 0.15) is 5.82 Å². The SMILES string of the molecule is CN(C)CCCNc1nc(N)ncc1Br. The van der Waals surface area contributed by atoms with Gasteiger partial charge in [-0.1, -0.05) is 0 Å². The van der Waals surface area contributed by atoms with Gasteiger partial charge >= 0.3 is 0 Å². The molecule has 5 nitrogen and oxygen atoms in total. The van der Waals surface area contributed by atoms with E-state index in [9.17, 15) is 0 Å². The lowest BCUT2D eigenvalue weighted by atomic mass is 10.4. The third-order valence-electron chi connectivity index (χ3n) is 1.84. The number of halogens is 1. The molecular weight excluding hydrogens is 258 g/mol. The summed E-state index contributed by atoms with van der Waals surface area (Å²) in [6.45, 7) is 1.92. The highest BCUT2D eigenvalue weighted by Crippen LogP contribution is 2.18. The van der Waals surface area contributed by atoms with Crippen LogP contribution in [-0.4, -0.2) is 42.1 Å². The molecule has 1 rings (SSSR count). The Balaban J connectivity index is 2.40. The second-order valence-electron chi connectivity index (χ2n) is 3.51. The number of anilines is 2. The highest BCUT2D eigenvalue weighted by Gasteiger charge is 2.01. The minimum Gasteiger partial charge on any atom is -0.369 e. The topological polar surface area (TPSA) is 67.1 Å². The van der Waals surface area contributed by atoms with Crippen molar-refractivity contribution < 1.29 is 0 Å². The molecular formula is C9H16BrN5. The molecule has 3 N–H and O–H groups in total. The molecule has 0 aliphatic carbocycles. The predicted octanol–water partition coefficient (Wildman–Crippen LogP) is 1.18. The Morgan fingerprint density at radius 2 is 2.27 bits per heavy atom. The van der Waals surface area contributed by atoms with Gasteiger partial charge in [-0.15, -0.1) is 0 Å². The molecule has 6 heteroatoms. The largest absolute Gasteiger partial charge is 0.369 e. The molecule has 0 aliphatic heterocycles. The number of hydrogen-bond donors (Lipinski definition) is 2. The minimum atomic E-state index is 0.285. The Morgan fingerprint density at radius 3 is 2.93 bits per heavy atom. The lowest BCUT2D eigenvalue weighted by Gasteiger charge is -2.10. The van der Waals surface area contributed by atoms with Crippen LogP contribution >= 0.6 is 15.9 Å². The molecule has 0 radical (unpaired) electrons. The van der Waals surface area contributed by atoms with E-state index in [2.05, 4.69) is 50.2 Å². The Hall–Kier alpha value is -0.880. The third kappa shape index (κ3) is 4.44. The highest BCUT2D eigenvalue weighted by molar-refractivity contribution is 9.10. The molecule has 15 heavy (non-hydrogen) atoms. The normalized spacial score (nSPS) is 10.7. The van der Waals surface area contributed by atoms with Crippen LogP contribution in [0.5, 0.6) is 0 Å². The Kier molecular flexibility index (Phi) is 4.77. The summed E-state index contributed by atoms with van der Waals surface area (Å²) in [5.74, 6) is 1.04. The standard InChI is InChI=1S/C9H16BrN5/c1-15(2)5-3-4-12-8-7(10)6-13-9(11)14-8/h6H,3-5H2,1-2H3,(H3,11,12,13,14). The van der Waals surface area contributed by atoms with Crippen LogP contribution < -0.4 is 11.1 Å². The predicted molar refractivity (Wildman–Crippen MR) is 65.8 cm³/mol. The van der Waals surface area contributed by atoms with Crippen molar-refractivity contribution in [1.29, 1.82) is 0 Å². The first-order valence-corrected chi connectivity index (χ1v) is 5.55. The van der Waals surface area contributed by atoms with E-state index in [4.69, 9.17) is 5.73 Å². The van der Waals surface area contributed by atoms with Crippen LogP contribution in [0.4, 0.5) is 11.8 Å². The zero-order chi connectivity index (χ0) is 11.3. The smallest absolute Gasteiger partial charge is 0.221 e. The van der Waals surface area contributed by atoms with Crippen LogP contribution in [0.3, 0.4) is 0 Å². The maximum absolute atomic E-state index is 5.49. The highest BCUT2D eigenvalue weighted by atomic mass is 79.9. The minimum absolute atomic E-state index is 0.285. The van der Waals surface area contributed by atoms with Crippen LogP contribution in [0.15, 0.2) is 10.7 Å². The zero-order valence-electron chi connectivity index (χ0n) is 9.00. The molecule has 0 atom stereocenters. The molecule has 0 bridgehead atoms. The van der Waals surface area contributed by atoms with E-state index in [1.807, 2.05) is 0 Å². The number of nitrogens with zero attached hydrogens (tertiary/aromatic N) is 3. The number of nitrogens with two attached hydrogens (primary N) is 1. The van der Waals surface area contributed by atoms with Crippen LogP contribution in [0.1, 0.15) is 6.42 Å². The third-order valence-corrected chi connectivity index (χ3v) is 2.42. The van der Waals surface area contributed by atoms with Crippen molar-refractivity contribution in [2.75, 3.05) is 38.2 Å². The average molecular weight is 274 g/mol. The summed E-state index contributed by atoms with van der Waals surface area (Å²) in [4.78, 5) is 10.1. The van der Waals surface area contributed by atoms with Gasteiger partial charge in [0.25, 0.3) is 0 Å². The van der Waals surface area contributed by atoms with Gasteiger partial charge in [-0.25, -0.2) is 4.98 Å². The molecule has 0 fully saturated rings. The van der Waals surface area contributed by atoms with E-state index < -0.39 is 0 Å². The molecule has 1 aromatic heterocycles. The summed E-state index contributed by atoms with van der Waals surface area (Å²) in [7, 11) is 4.11. The zero-order valence-corrected chi connectivity index (χ0v) is 10.6. The van der Waals surface area contributed by atoms with Crippen molar-refractivity contribution in [2.24, 2.45) is 0 Å². The quantitative estimate of drug-likeness (QED) is 0.789. The van der Waals surface area contributed by atoms with E-state index >= 15 is 0 Å². The molecule has 0 aromatic carbocycles. The Bertz CT molecular complexity index is 315. The first-order chi connectivity index (χ1) is 7.09. The number of aromatic nitrogens is 2. The van der Waals surface area contributed by atoms with Crippen LogP contribution in [0.2, 0.25) is 0 Å². The fourth-order valence-corrected chi connectivity index (χ4v) is 1.44. The van der Waals surface area contributed by atoms with Crippen LogP contribution in [-0.2, 0) is 0 Å². The molecule has 0 saturated heterocycles. The molecule has 0 amide bonds. The van der Waals surface area contributed by atoms with E-state index in [0.717, 1.165) is 29.8 Å². The monoisotopic (exact) mass is 273 g/mol. The summed E-state index contributed by atoms with van der Waals surface area (Å²) in [5, 5.41) is 3.20. The second-order valence-corrected chi connectivity index (χ2v) is 4.36. The fourth-order valence-electron chi connectivity index (χ4n) is 1.11. The van der Waals surface area contributed by atoms with Crippen molar-refractivity contribution >= 4 is 27.7 Å². The average Bonchev–Trinajstić information content (AvgIpc) is 2.17. The fraction of sp³-hybridized carbons (Fsp3) is 0.556. The van der Waals surface area contributed by atoms with Gasteiger partial charge in [-0.05, 0) is 43.0 Å². The molecule has 0 saturated carbocycles.